The highest BCUT2D eigenvalue weighted by molar-refractivity contribution is 7.90. The van der Waals surface area contributed by atoms with Crippen LogP contribution in [0.3, 0.4) is 0 Å². The molecule has 1 aromatic carbocycles. The second-order valence-corrected chi connectivity index (χ2v) is 10.9. The fourth-order valence-corrected chi connectivity index (χ4v) is 5.44. The molecule has 1 amide bonds. The average molecular weight is 506 g/mol. The van der Waals surface area contributed by atoms with E-state index in [-0.39, 0.29) is 16.5 Å². The predicted octanol–water partition coefficient (Wildman–Crippen LogP) is 5.91. The van der Waals surface area contributed by atoms with Gasteiger partial charge >= 0.3 is 0 Å². The highest BCUT2D eigenvalue weighted by Gasteiger charge is 2.25. The van der Waals surface area contributed by atoms with E-state index in [1.54, 1.807) is 24.3 Å². The van der Waals surface area contributed by atoms with E-state index in [0.717, 1.165) is 53.6 Å². The quantitative estimate of drug-likeness (QED) is 0.429. The summed E-state index contributed by atoms with van der Waals surface area (Å²) in [5, 5.41) is -0.242. The van der Waals surface area contributed by atoms with Crippen molar-refractivity contribution in [1.29, 1.82) is 0 Å². The van der Waals surface area contributed by atoms with E-state index in [2.05, 4.69) is 22.7 Å². The van der Waals surface area contributed by atoms with Crippen molar-refractivity contribution in [3.05, 3.63) is 82.7 Å². The van der Waals surface area contributed by atoms with Crippen LogP contribution in [-0.2, 0) is 10.0 Å². The molecule has 1 aliphatic carbocycles. The molecule has 1 atom stereocenters. The molecule has 36 heavy (non-hydrogen) atoms. The largest absolute Gasteiger partial charge is 0.438 e. The second kappa shape index (κ2) is 10.6. The van der Waals surface area contributed by atoms with Gasteiger partial charge in [-0.1, -0.05) is 43.2 Å². The van der Waals surface area contributed by atoms with Crippen molar-refractivity contribution < 1.29 is 17.9 Å². The molecule has 1 aliphatic rings. The Balaban J connectivity index is 1.73. The molecule has 0 spiro atoms. The summed E-state index contributed by atoms with van der Waals surface area (Å²) in [6.07, 6.45) is 7.67. The van der Waals surface area contributed by atoms with Crippen molar-refractivity contribution in [1.82, 2.24) is 14.7 Å². The van der Waals surface area contributed by atoms with Gasteiger partial charge in [-0.2, -0.15) is 8.42 Å². The summed E-state index contributed by atoms with van der Waals surface area (Å²) in [5.41, 5.74) is 4.75. The third-order valence-electron chi connectivity index (χ3n) is 6.47. The SMILES string of the molecule is CCC1CC=C(c2ccc(C(=O)NS(=O)(=O)c3ccccn3)c(Oc3c(C)cc(C)cc3C)n2)CC1. The number of ether oxygens (including phenoxy) is 1. The Kier molecular flexibility index (Phi) is 7.54. The Morgan fingerprint density at radius 2 is 1.86 bits per heavy atom. The third kappa shape index (κ3) is 5.65. The van der Waals surface area contributed by atoms with E-state index >= 15 is 0 Å². The number of amides is 1. The highest BCUT2D eigenvalue weighted by Crippen LogP contribution is 2.35. The van der Waals surface area contributed by atoms with Crippen LogP contribution in [0.1, 0.15) is 65.3 Å². The molecule has 0 saturated heterocycles. The van der Waals surface area contributed by atoms with E-state index < -0.39 is 15.9 Å². The topological polar surface area (TPSA) is 98.2 Å². The monoisotopic (exact) mass is 505 g/mol. The molecule has 0 radical (unpaired) electrons. The van der Waals surface area contributed by atoms with Crippen LogP contribution in [0.4, 0.5) is 0 Å². The number of hydrogen-bond acceptors (Lipinski definition) is 6. The lowest BCUT2D eigenvalue weighted by Crippen LogP contribution is -2.31. The van der Waals surface area contributed by atoms with Crippen LogP contribution < -0.4 is 9.46 Å². The van der Waals surface area contributed by atoms with Gasteiger partial charge < -0.3 is 4.74 Å². The van der Waals surface area contributed by atoms with Crippen LogP contribution in [0.25, 0.3) is 5.57 Å². The molecule has 2 heterocycles. The number of nitrogens with one attached hydrogen (secondary N) is 1. The zero-order chi connectivity index (χ0) is 25.9. The molecule has 3 aromatic rings. The van der Waals surface area contributed by atoms with Crippen LogP contribution in [0, 0.1) is 26.7 Å². The zero-order valence-corrected chi connectivity index (χ0v) is 21.9. The first-order valence-corrected chi connectivity index (χ1v) is 13.6. The lowest BCUT2D eigenvalue weighted by Gasteiger charge is -2.21. The van der Waals surface area contributed by atoms with Gasteiger partial charge in [-0.15, -0.1) is 0 Å². The zero-order valence-electron chi connectivity index (χ0n) is 21.0. The Morgan fingerprint density at radius 3 is 2.47 bits per heavy atom. The summed E-state index contributed by atoms with van der Waals surface area (Å²) in [7, 11) is -4.16. The summed E-state index contributed by atoms with van der Waals surface area (Å²) < 4.78 is 33.8. The van der Waals surface area contributed by atoms with Crippen LogP contribution in [-0.4, -0.2) is 24.3 Å². The first-order chi connectivity index (χ1) is 17.2. The molecule has 0 bridgehead atoms. The van der Waals surface area contributed by atoms with E-state index in [0.29, 0.717) is 11.7 Å². The lowest BCUT2D eigenvalue weighted by molar-refractivity contribution is 0.0978. The van der Waals surface area contributed by atoms with Gasteiger partial charge in [0, 0.05) is 6.20 Å². The van der Waals surface area contributed by atoms with E-state index in [9.17, 15) is 13.2 Å². The molecule has 1 N–H and O–H groups in total. The van der Waals surface area contributed by atoms with Crippen molar-refractivity contribution in [2.45, 2.75) is 58.4 Å². The van der Waals surface area contributed by atoms with Gasteiger partial charge in [0.15, 0.2) is 5.03 Å². The number of pyridine rings is 2. The minimum Gasteiger partial charge on any atom is -0.438 e. The predicted molar refractivity (Wildman–Crippen MR) is 139 cm³/mol. The van der Waals surface area contributed by atoms with Gasteiger partial charge in [0.25, 0.3) is 15.9 Å². The van der Waals surface area contributed by atoms with Crippen molar-refractivity contribution >= 4 is 21.5 Å². The summed E-state index contributed by atoms with van der Waals surface area (Å²) in [4.78, 5) is 21.7. The average Bonchev–Trinajstić information content (AvgIpc) is 2.86. The number of aryl methyl sites for hydroxylation is 3. The van der Waals surface area contributed by atoms with E-state index in [4.69, 9.17) is 9.72 Å². The van der Waals surface area contributed by atoms with Gasteiger partial charge in [-0.05, 0) is 86.9 Å². The van der Waals surface area contributed by atoms with E-state index in [1.807, 2.05) is 32.9 Å². The number of carbonyl (C=O) groups is 1. The van der Waals surface area contributed by atoms with Crippen molar-refractivity contribution in [2.24, 2.45) is 5.92 Å². The minimum atomic E-state index is -4.16. The van der Waals surface area contributed by atoms with Gasteiger partial charge in [0.1, 0.15) is 11.3 Å². The molecule has 2 aromatic heterocycles. The fourth-order valence-electron chi connectivity index (χ4n) is 4.52. The molecule has 0 saturated carbocycles. The number of aromatic nitrogens is 2. The Morgan fingerprint density at radius 1 is 1.11 bits per heavy atom. The molecule has 0 aliphatic heterocycles. The van der Waals surface area contributed by atoms with Crippen LogP contribution in [0.5, 0.6) is 11.6 Å². The maximum Gasteiger partial charge on any atom is 0.281 e. The second-order valence-electron chi connectivity index (χ2n) is 9.26. The minimum absolute atomic E-state index is 0.0282. The van der Waals surface area contributed by atoms with Crippen LogP contribution >= 0.6 is 0 Å². The maximum absolute atomic E-state index is 13.2. The van der Waals surface area contributed by atoms with Gasteiger partial charge in [-0.3, -0.25) is 4.79 Å². The van der Waals surface area contributed by atoms with Gasteiger partial charge in [0.2, 0.25) is 5.88 Å². The third-order valence-corrected chi connectivity index (χ3v) is 7.72. The number of nitrogens with zero attached hydrogens (tertiary/aromatic N) is 2. The molecule has 188 valence electrons. The number of benzene rings is 1. The maximum atomic E-state index is 13.2. The van der Waals surface area contributed by atoms with Gasteiger partial charge in [-0.25, -0.2) is 14.7 Å². The molecule has 4 rings (SSSR count). The summed E-state index contributed by atoms with van der Waals surface area (Å²) >= 11 is 0. The molecular formula is C28H31N3O4S. The van der Waals surface area contributed by atoms with Crippen LogP contribution in [0.15, 0.2) is 59.8 Å². The summed E-state index contributed by atoms with van der Waals surface area (Å²) in [5.74, 6) is 0.496. The van der Waals surface area contributed by atoms with Crippen molar-refractivity contribution in [3.63, 3.8) is 0 Å². The molecule has 1 unspecified atom stereocenters. The smallest absolute Gasteiger partial charge is 0.281 e. The first kappa shape index (κ1) is 25.6. The number of carbonyl (C=O) groups excluding carboxylic acids is 1. The summed E-state index contributed by atoms with van der Waals surface area (Å²) in [6.45, 7) is 8.06. The highest BCUT2D eigenvalue weighted by atomic mass is 32.2. The molecule has 8 heteroatoms. The number of rotatable bonds is 7. The number of sulfonamides is 1. The normalized spacial score (nSPS) is 15.8. The Labute approximate surface area is 212 Å². The number of hydrogen-bond donors (Lipinski definition) is 1. The van der Waals surface area contributed by atoms with Crippen LogP contribution in [0.2, 0.25) is 0 Å². The Bertz CT molecular complexity index is 1390. The Hall–Kier alpha value is -3.52. The number of allylic oxidation sites excluding steroid dienone is 2. The summed E-state index contributed by atoms with van der Waals surface area (Å²) in [6, 6.07) is 11.8. The van der Waals surface area contributed by atoms with Crippen molar-refractivity contribution in [3.8, 4) is 11.6 Å². The standard InChI is InChI=1S/C28H31N3O4S/c1-5-21-9-11-22(12-10-21)24-14-13-23(27(32)31-36(33,34)25-8-6-7-15-29-25)28(30-24)35-26-19(3)16-18(2)17-20(26)4/h6-8,11,13-17,21H,5,9-10,12H2,1-4H3,(H,31,32). The fraction of sp³-hybridized carbons (Fsp3) is 0.321. The first-order valence-electron chi connectivity index (χ1n) is 12.1. The lowest BCUT2D eigenvalue weighted by atomic mass is 9.86. The molecular weight excluding hydrogens is 474 g/mol. The molecule has 7 nitrogen and oxygen atoms in total. The molecule has 0 fully saturated rings. The van der Waals surface area contributed by atoms with Gasteiger partial charge in [0.05, 0.1) is 5.69 Å². The van der Waals surface area contributed by atoms with Crippen molar-refractivity contribution in [2.75, 3.05) is 0 Å². The van der Waals surface area contributed by atoms with E-state index in [1.165, 1.54) is 12.3 Å².